The Hall–Kier alpha value is -2.63. The molecule has 3 N–H and O–H groups in total. The first-order chi connectivity index (χ1) is 13.2. The fourth-order valence-electron chi connectivity index (χ4n) is 3.41. The lowest BCUT2D eigenvalue weighted by Crippen LogP contribution is -2.09. The number of nitrogens with zero attached hydrogens (tertiary/aromatic N) is 2. The maximum atomic E-state index is 6.26. The van der Waals surface area contributed by atoms with Crippen LogP contribution < -0.4 is 16.4 Å². The third-order valence-corrected chi connectivity index (χ3v) is 4.74. The average molecular weight is 397 g/mol. The molecule has 0 fully saturated rings. The zero-order valence-corrected chi connectivity index (χ0v) is 17.0. The maximum absolute atomic E-state index is 6.26. The predicted molar refractivity (Wildman–Crippen MR) is 118 cm³/mol. The summed E-state index contributed by atoms with van der Waals surface area (Å²) in [7, 11) is 0. The lowest BCUT2D eigenvalue weighted by atomic mass is 10.1. The van der Waals surface area contributed by atoms with Gasteiger partial charge >= 0.3 is 0 Å². The number of aryl methyl sites for hydroxylation is 1. The van der Waals surface area contributed by atoms with Gasteiger partial charge in [-0.1, -0.05) is 24.3 Å². The van der Waals surface area contributed by atoms with E-state index in [1.807, 2.05) is 31.2 Å². The number of fused-ring (bicyclic) bond motifs is 4. The summed E-state index contributed by atoms with van der Waals surface area (Å²) in [6.45, 7) is 6.32. The summed E-state index contributed by atoms with van der Waals surface area (Å²) in [4.78, 5) is 9.46. The van der Waals surface area contributed by atoms with Crippen LogP contribution in [-0.2, 0) is 0 Å². The van der Waals surface area contributed by atoms with Crippen LogP contribution in [0.5, 0.6) is 0 Å². The van der Waals surface area contributed by atoms with Gasteiger partial charge in [0.15, 0.2) is 11.3 Å². The van der Waals surface area contributed by atoms with Crippen LogP contribution in [0.15, 0.2) is 51.9 Å². The van der Waals surface area contributed by atoms with E-state index in [-0.39, 0.29) is 12.4 Å². The molecule has 6 heteroatoms. The quantitative estimate of drug-likeness (QED) is 0.296. The minimum Gasteiger partial charge on any atom is -0.453 e. The number of rotatable bonds is 5. The molecule has 0 atom stereocenters. The summed E-state index contributed by atoms with van der Waals surface area (Å²) < 4.78 is 6.26. The van der Waals surface area contributed by atoms with Gasteiger partial charge in [0.05, 0.1) is 5.36 Å². The highest BCUT2D eigenvalue weighted by Crippen LogP contribution is 2.34. The van der Waals surface area contributed by atoms with Crippen LogP contribution >= 0.6 is 12.4 Å². The number of nitrogens with one attached hydrogen (secondary N) is 1. The second-order valence-corrected chi connectivity index (χ2v) is 6.68. The van der Waals surface area contributed by atoms with Crippen LogP contribution in [0.1, 0.15) is 18.9 Å². The summed E-state index contributed by atoms with van der Waals surface area (Å²) in [5.41, 5.74) is 10.3. The molecule has 2 aromatic carbocycles. The zero-order chi connectivity index (χ0) is 18.8. The molecule has 0 unspecified atom stereocenters. The number of anilines is 1. The molecular weight excluding hydrogens is 372 g/mol. The van der Waals surface area contributed by atoms with Gasteiger partial charge in [-0.05, 0) is 38.4 Å². The van der Waals surface area contributed by atoms with E-state index in [4.69, 9.17) is 15.1 Å². The number of halogens is 1. The third kappa shape index (κ3) is 3.68. The van der Waals surface area contributed by atoms with Crippen molar-refractivity contribution in [2.24, 2.45) is 10.7 Å². The Bertz CT molecular complexity index is 1150. The first-order valence-electron chi connectivity index (χ1n) is 9.42. The molecule has 0 amide bonds. The molecule has 1 aliphatic carbocycles. The summed E-state index contributed by atoms with van der Waals surface area (Å²) in [6, 6.07) is 14.4. The summed E-state index contributed by atoms with van der Waals surface area (Å²) >= 11 is 0. The van der Waals surface area contributed by atoms with E-state index < -0.39 is 0 Å². The van der Waals surface area contributed by atoms with Gasteiger partial charge in [0, 0.05) is 41.7 Å². The zero-order valence-electron chi connectivity index (χ0n) is 16.2. The Labute approximate surface area is 170 Å². The van der Waals surface area contributed by atoms with Crippen molar-refractivity contribution in [3.8, 4) is 11.5 Å². The van der Waals surface area contributed by atoms with E-state index in [9.17, 15) is 0 Å². The molecule has 0 saturated heterocycles. The summed E-state index contributed by atoms with van der Waals surface area (Å²) in [6.07, 6.45) is 0.917. The highest BCUT2D eigenvalue weighted by molar-refractivity contribution is 6.10. The SMILES string of the molecule is CCN=c1cc2oc3cc(NCCCN)c4ccccc4c3nc-2cc1C.Cl. The fourth-order valence-corrected chi connectivity index (χ4v) is 3.41. The fraction of sp³-hybridized carbons (Fsp3) is 0.273. The van der Waals surface area contributed by atoms with Gasteiger partial charge in [-0.15, -0.1) is 12.4 Å². The lowest BCUT2D eigenvalue weighted by molar-refractivity contribution is 0.612. The number of hydrogen-bond donors (Lipinski definition) is 2. The van der Waals surface area contributed by atoms with Gasteiger partial charge in [0.1, 0.15) is 11.2 Å². The van der Waals surface area contributed by atoms with Crippen LogP contribution in [0.3, 0.4) is 0 Å². The summed E-state index contributed by atoms with van der Waals surface area (Å²) in [5, 5.41) is 6.66. The van der Waals surface area contributed by atoms with Gasteiger partial charge in [-0.25, -0.2) is 4.98 Å². The van der Waals surface area contributed by atoms with Crippen molar-refractivity contribution < 1.29 is 4.42 Å². The minimum absolute atomic E-state index is 0. The van der Waals surface area contributed by atoms with Gasteiger partial charge in [-0.2, -0.15) is 0 Å². The highest BCUT2D eigenvalue weighted by atomic mass is 35.5. The van der Waals surface area contributed by atoms with Crippen molar-refractivity contribution in [1.82, 2.24) is 4.98 Å². The molecule has 0 saturated carbocycles. The molecule has 4 rings (SSSR count). The molecule has 146 valence electrons. The monoisotopic (exact) mass is 396 g/mol. The van der Waals surface area contributed by atoms with E-state index in [0.717, 1.165) is 69.4 Å². The first-order valence-corrected chi connectivity index (χ1v) is 9.42. The molecular formula is C22H25ClN4O. The normalized spacial score (nSPS) is 11.9. The minimum atomic E-state index is 0. The Morgan fingerprint density at radius 2 is 1.93 bits per heavy atom. The van der Waals surface area contributed by atoms with E-state index in [1.165, 1.54) is 0 Å². The van der Waals surface area contributed by atoms with Crippen molar-refractivity contribution >= 4 is 40.0 Å². The van der Waals surface area contributed by atoms with E-state index in [0.29, 0.717) is 6.54 Å². The van der Waals surface area contributed by atoms with E-state index >= 15 is 0 Å². The molecule has 2 aromatic rings. The largest absolute Gasteiger partial charge is 0.453 e. The molecule has 2 aliphatic rings. The average Bonchev–Trinajstić information content (AvgIpc) is 2.68. The Morgan fingerprint density at radius 1 is 1.14 bits per heavy atom. The van der Waals surface area contributed by atoms with Crippen LogP contribution in [0, 0.1) is 6.92 Å². The Morgan fingerprint density at radius 3 is 2.68 bits per heavy atom. The molecule has 5 nitrogen and oxygen atoms in total. The predicted octanol–water partition coefficient (Wildman–Crippen LogP) is 4.50. The maximum Gasteiger partial charge on any atom is 0.155 e. The van der Waals surface area contributed by atoms with Crippen LogP contribution in [-0.4, -0.2) is 24.6 Å². The Kier molecular flexibility index (Phi) is 6.17. The number of benzene rings is 3. The highest BCUT2D eigenvalue weighted by Gasteiger charge is 2.14. The number of aromatic nitrogens is 1. The molecule has 28 heavy (non-hydrogen) atoms. The summed E-state index contributed by atoms with van der Waals surface area (Å²) in [5.74, 6) is 0.753. The molecule has 1 aliphatic heterocycles. The van der Waals surface area contributed by atoms with Gasteiger partial charge in [0.25, 0.3) is 0 Å². The van der Waals surface area contributed by atoms with Crippen molar-refractivity contribution in [2.75, 3.05) is 25.0 Å². The molecule has 0 bridgehead atoms. The Balaban J connectivity index is 0.00000225. The second-order valence-electron chi connectivity index (χ2n) is 6.68. The van der Waals surface area contributed by atoms with E-state index in [2.05, 4.69) is 35.4 Å². The van der Waals surface area contributed by atoms with Gasteiger partial charge < -0.3 is 15.5 Å². The van der Waals surface area contributed by atoms with Crippen molar-refractivity contribution in [3.05, 3.63) is 53.4 Å². The first kappa shape index (κ1) is 20.1. The number of hydrogen-bond acceptors (Lipinski definition) is 5. The van der Waals surface area contributed by atoms with Crippen LogP contribution in [0.2, 0.25) is 0 Å². The topological polar surface area (TPSA) is 76.4 Å². The third-order valence-electron chi connectivity index (χ3n) is 4.74. The van der Waals surface area contributed by atoms with Crippen LogP contribution in [0.25, 0.3) is 33.3 Å². The second kappa shape index (κ2) is 8.59. The lowest BCUT2D eigenvalue weighted by Gasteiger charge is -2.14. The van der Waals surface area contributed by atoms with Crippen molar-refractivity contribution in [1.29, 1.82) is 0 Å². The van der Waals surface area contributed by atoms with Crippen LogP contribution in [0.4, 0.5) is 5.69 Å². The van der Waals surface area contributed by atoms with Crippen molar-refractivity contribution in [2.45, 2.75) is 20.3 Å². The molecule has 0 spiro atoms. The van der Waals surface area contributed by atoms with Gasteiger partial charge in [0.2, 0.25) is 0 Å². The molecule has 0 aromatic heterocycles. The molecule has 1 heterocycles. The number of nitrogens with two attached hydrogens (primary N) is 1. The smallest absolute Gasteiger partial charge is 0.155 e. The van der Waals surface area contributed by atoms with Crippen molar-refractivity contribution in [3.63, 3.8) is 0 Å². The standard InChI is InChI=1S/C22H24N4O.ClH/c1-3-24-17-12-20-19(11-14(17)2)26-22-16-8-5-4-7-15(16)18(13-21(22)27-20)25-10-6-9-23;/h4-5,7-8,11-13,25H,3,6,9-10,23H2,1-2H3;1H. The molecule has 0 radical (unpaired) electrons. The van der Waals surface area contributed by atoms with E-state index in [1.54, 1.807) is 0 Å². The van der Waals surface area contributed by atoms with Gasteiger partial charge in [-0.3, -0.25) is 4.99 Å².